The molecule has 1 unspecified atom stereocenters. The standard InChI is InChI=1S/C16H20N2O2/c17-10-14-8-4-5-9-15(14)11-18-16(19)20-12-13-6-2-1-3-7-13/h1-9,16,18-19H,10-12,17H2. The van der Waals surface area contributed by atoms with Crippen LogP contribution in [0.3, 0.4) is 0 Å². The smallest absolute Gasteiger partial charge is 0.214 e. The molecule has 0 fully saturated rings. The number of nitrogens with two attached hydrogens (primary N) is 1. The monoisotopic (exact) mass is 272 g/mol. The quantitative estimate of drug-likeness (QED) is 0.671. The van der Waals surface area contributed by atoms with Crippen molar-refractivity contribution in [2.75, 3.05) is 0 Å². The maximum absolute atomic E-state index is 9.77. The van der Waals surface area contributed by atoms with Gasteiger partial charge in [0, 0.05) is 13.1 Å². The Kier molecular flexibility index (Phi) is 5.70. The highest BCUT2D eigenvalue weighted by Crippen LogP contribution is 2.08. The maximum Gasteiger partial charge on any atom is 0.214 e. The molecule has 0 spiro atoms. The molecular weight excluding hydrogens is 252 g/mol. The minimum atomic E-state index is -0.999. The van der Waals surface area contributed by atoms with E-state index in [4.69, 9.17) is 10.5 Å². The summed E-state index contributed by atoms with van der Waals surface area (Å²) in [5.74, 6) is 0. The van der Waals surface area contributed by atoms with Crippen LogP contribution in [-0.2, 0) is 24.4 Å². The van der Waals surface area contributed by atoms with Crippen molar-refractivity contribution in [2.45, 2.75) is 26.1 Å². The van der Waals surface area contributed by atoms with Crippen molar-refractivity contribution in [2.24, 2.45) is 5.73 Å². The fraction of sp³-hybridized carbons (Fsp3) is 0.250. The van der Waals surface area contributed by atoms with Crippen molar-refractivity contribution in [3.05, 3.63) is 71.3 Å². The van der Waals surface area contributed by atoms with Crippen LogP contribution in [0, 0.1) is 0 Å². The zero-order valence-corrected chi connectivity index (χ0v) is 11.3. The number of ether oxygens (including phenoxy) is 1. The van der Waals surface area contributed by atoms with Crippen molar-refractivity contribution in [1.29, 1.82) is 0 Å². The summed E-state index contributed by atoms with van der Waals surface area (Å²) in [5, 5.41) is 12.7. The highest BCUT2D eigenvalue weighted by molar-refractivity contribution is 5.26. The van der Waals surface area contributed by atoms with Crippen LogP contribution in [0.1, 0.15) is 16.7 Å². The van der Waals surface area contributed by atoms with Gasteiger partial charge in [0.15, 0.2) is 0 Å². The summed E-state index contributed by atoms with van der Waals surface area (Å²) >= 11 is 0. The Morgan fingerprint density at radius 3 is 2.35 bits per heavy atom. The highest BCUT2D eigenvalue weighted by Gasteiger charge is 2.05. The molecule has 0 aliphatic rings. The number of hydrogen-bond acceptors (Lipinski definition) is 4. The summed E-state index contributed by atoms with van der Waals surface area (Å²) in [6.07, 6.45) is -0.999. The van der Waals surface area contributed by atoms with Crippen LogP contribution in [-0.4, -0.2) is 11.5 Å². The van der Waals surface area contributed by atoms with Crippen LogP contribution in [0.5, 0.6) is 0 Å². The number of rotatable bonds is 7. The number of aliphatic hydroxyl groups is 1. The summed E-state index contributed by atoms with van der Waals surface area (Å²) in [6.45, 7) is 1.37. The van der Waals surface area contributed by atoms with Crippen molar-refractivity contribution in [3.8, 4) is 0 Å². The van der Waals surface area contributed by atoms with Gasteiger partial charge in [0.1, 0.15) is 0 Å². The third-order valence-corrected chi connectivity index (χ3v) is 3.06. The molecule has 0 saturated carbocycles. The molecule has 20 heavy (non-hydrogen) atoms. The van der Waals surface area contributed by atoms with Crippen molar-refractivity contribution in [1.82, 2.24) is 5.32 Å². The molecule has 0 aliphatic carbocycles. The van der Waals surface area contributed by atoms with Gasteiger partial charge in [-0.2, -0.15) is 0 Å². The SMILES string of the molecule is NCc1ccccc1CNC(O)OCc1ccccc1. The average Bonchev–Trinajstić information content (AvgIpc) is 2.52. The van der Waals surface area contributed by atoms with Crippen LogP contribution >= 0.6 is 0 Å². The van der Waals surface area contributed by atoms with E-state index in [2.05, 4.69) is 5.32 Å². The van der Waals surface area contributed by atoms with Crippen LogP contribution in [0.25, 0.3) is 0 Å². The second-order valence-corrected chi connectivity index (χ2v) is 4.50. The zero-order valence-electron chi connectivity index (χ0n) is 11.3. The first-order valence-electron chi connectivity index (χ1n) is 6.63. The van der Waals surface area contributed by atoms with E-state index < -0.39 is 6.41 Å². The van der Waals surface area contributed by atoms with Gasteiger partial charge in [-0.15, -0.1) is 0 Å². The predicted octanol–water partition coefficient (Wildman–Crippen LogP) is 1.73. The molecule has 2 aromatic carbocycles. The molecule has 4 heteroatoms. The fourth-order valence-corrected chi connectivity index (χ4v) is 1.93. The molecule has 0 radical (unpaired) electrons. The van der Waals surface area contributed by atoms with Gasteiger partial charge in [-0.1, -0.05) is 54.6 Å². The van der Waals surface area contributed by atoms with E-state index in [1.807, 2.05) is 54.6 Å². The lowest BCUT2D eigenvalue weighted by Gasteiger charge is -2.15. The summed E-state index contributed by atoms with van der Waals surface area (Å²) < 4.78 is 5.34. The Morgan fingerprint density at radius 1 is 1.00 bits per heavy atom. The van der Waals surface area contributed by atoms with Crippen LogP contribution in [0.2, 0.25) is 0 Å². The zero-order chi connectivity index (χ0) is 14.2. The summed E-state index contributed by atoms with van der Waals surface area (Å²) in [5.41, 5.74) is 8.83. The fourth-order valence-electron chi connectivity index (χ4n) is 1.93. The van der Waals surface area contributed by atoms with Crippen LogP contribution in [0.4, 0.5) is 0 Å². The van der Waals surface area contributed by atoms with E-state index in [1.165, 1.54) is 0 Å². The van der Waals surface area contributed by atoms with Gasteiger partial charge in [-0.25, -0.2) is 0 Å². The number of hydrogen-bond donors (Lipinski definition) is 3. The first-order valence-corrected chi connectivity index (χ1v) is 6.63. The van der Waals surface area contributed by atoms with E-state index in [0.29, 0.717) is 19.7 Å². The van der Waals surface area contributed by atoms with Gasteiger partial charge in [0.2, 0.25) is 6.41 Å². The lowest BCUT2D eigenvalue weighted by molar-refractivity contribution is -0.129. The van der Waals surface area contributed by atoms with Gasteiger partial charge in [0.25, 0.3) is 0 Å². The summed E-state index contributed by atoms with van der Waals surface area (Å²) in [7, 11) is 0. The third-order valence-electron chi connectivity index (χ3n) is 3.06. The topological polar surface area (TPSA) is 67.5 Å². The van der Waals surface area contributed by atoms with Gasteiger partial charge in [0.05, 0.1) is 6.61 Å². The normalized spacial score (nSPS) is 12.3. The predicted molar refractivity (Wildman–Crippen MR) is 78.4 cm³/mol. The minimum absolute atomic E-state index is 0.369. The molecule has 106 valence electrons. The minimum Gasteiger partial charge on any atom is -0.356 e. The molecule has 0 aliphatic heterocycles. The molecule has 2 aromatic rings. The van der Waals surface area contributed by atoms with Gasteiger partial charge < -0.3 is 15.6 Å². The van der Waals surface area contributed by atoms with E-state index in [9.17, 15) is 5.11 Å². The Balaban J connectivity index is 1.79. The number of benzene rings is 2. The molecular formula is C16H20N2O2. The molecule has 0 heterocycles. The van der Waals surface area contributed by atoms with Gasteiger partial charge in [-0.05, 0) is 16.7 Å². The van der Waals surface area contributed by atoms with Crippen molar-refractivity contribution < 1.29 is 9.84 Å². The van der Waals surface area contributed by atoms with Crippen LogP contribution < -0.4 is 11.1 Å². The molecule has 4 nitrogen and oxygen atoms in total. The summed E-state index contributed by atoms with van der Waals surface area (Å²) in [4.78, 5) is 0. The molecule has 0 amide bonds. The average molecular weight is 272 g/mol. The Bertz CT molecular complexity index is 517. The molecule has 1 atom stereocenters. The van der Waals surface area contributed by atoms with Crippen molar-refractivity contribution in [3.63, 3.8) is 0 Å². The van der Waals surface area contributed by atoms with Gasteiger partial charge >= 0.3 is 0 Å². The Hall–Kier alpha value is -1.72. The Morgan fingerprint density at radius 2 is 1.65 bits per heavy atom. The van der Waals surface area contributed by atoms with Crippen LogP contribution in [0.15, 0.2) is 54.6 Å². The van der Waals surface area contributed by atoms with E-state index in [0.717, 1.165) is 16.7 Å². The second-order valence-electron chi connectivity index (χ2n) is 4.50. The molecule has 4 N–H and O–H groups in total. The lowest BCUT2D eigenvalue weighted by Crippen LogP contribution is -2.31. The third kappa shape index (κ3) is 4.43. The molecule has 0 aromatic heterocycles. The van der Waals surface area contributed by atoms with E-state index in [-0.39, 0.29) is 0 Å². The molecule has 0 bridgehead atoms. The van der Waals surface area contributed by atoms with E-state index >= 15 is 0 Å². The highest BCUT2D eigenvalue weighted by atomic mass is 16.6. The van der Waals surface area contributed by atoms with Gasteiger partial charge in [-0.3, -0.25) is 5.32 Å². The molecule has 2 rings (SSSR count). The largest absolute Gasteiger partial charge is 0.356 e. The van der Waals surface area contributed by atoms with Crippen molar-refractivity contribution >= 4 is 0 Å². The first kappa shape index (κ1) is 14.7. The number of nitrogens with one attached hydrogen (secondary N) is 1. The number of aliphatic hydroxyl groups excluding tert-OH is 1. The first-order chi connectivity index (χ1) is 9.79. The maximum atomic E-state index is 9.77. The van der Waals surface area contributed by atoms with E-state index in [1.54, 1.807) is 0 Å². The summed E-state index contributed by atoms with van der Waals surface area (Å²) in [6, 6.07) is 17.6. The lowest BCUT2D eigenvalue weighted by atomic mass is 10.1. The second kappa shape index (κ2) is 7.77. The Labute approximate surface area is 119 Å². The molecule has 0 saturated heterocycles.